The zero-order chi connectivity index (χ0) is 13.9. The van der Waals surface area contributed by atoms with Gasteiger partial charge in [0.25, 0.3) is 0 Å². The lowest BCUT2D eigenvalue weighted by atomic mass is 10.1. The van der Waals surface area contributed by atoms with Crippen molar-refractivity contribution in [3.8, 4) is 0 Å². The molecule has 2 unspecified atom stereocenters. The fourth-order valence-electron chi connectivity index (χ4n) is 3.71. The van der Waals surface area contributed by atoms with Gasteiger partial charge in [-0.05, 0) is 62.9 Å². The summed E-state index contributed by atoms with van der Waals surface area (Å²) in [5.41, 5.74) is 3.01. The summed E-state index contributed by atoms with van der Waals surface area (Å²) in [5, 5.41) is 3.85. The van der Waals surface area contributed by atoms with Gasteiger partial charge in [0.1, 0.15) is 0 Å². The molecule has 1 aromatic carbocycles. The van der Waals surface area contributed by atoms with Crippen molar-refractivity contribution in [2.24, 2.45) is 0 Å². The maximum Gasteiger partial charge on any atom is 0.0329 e. The average molecular weight is 337 g/mol. The molecular weight excluding hydrogens is 312 g/mol. The van der Waals surface area contributed by atoms with Gasteiger partial charge in [-0.1, -0.05) is 34.5 Å². The molecular formula is C17H25BrN2. The van der Waals surface area contributed by atoms with Crippen LogP contribution in [0.5, 0.6) is 0 Å². The first kappa shape index (κ1) is 14.6. The monoisotopic (exact) mass is 336 g/mol. The summed E-state index contributed by atoms with van der Waals surface area (Å²) >= 11 is 3.68. The molecule has 2 atom stereocenters. The van der Waals surface area contributed by atoms with Gasteiger partial charge in [0.2, 0.25) is 0 Å². The third-order valence-electron chi connectivity index (χ3n) is 4.68. The van der Waals surface area contributed by atoms with Gasteiger partial charge in [0.15, 0.2) is 0 Å². The van der Waals surface area contributed by atoms with E-state index < -0.39 is 0 Å². The Morgan fingerprint density at radius 1 is 1.30 bits per heavy atom. The van der Waals surface area contributed by atoms with Crippen LogP contribution >= 0.6 is 15.9 Å². The minimum Gasteiger partial charge on any atom is -0.306 e. The Bertz CT molecular complexity index is 454. The Hall–Kier alpha value is -0.380. The summed E-state index contributed by atoms with van der Waals surface area (Å²) in [7, 11) is 0. The Balaban J connectivity index is 1.58. The number of piperidine rings is 1. The Morgan fingerprint density at radius 3 is 2.90 bits per heavy atom. The number of rotatable bonds is 4. The highest BCUT2D eigenvalue weighted by molar-refractivity contribution is 9.10. The number of hydrogen-bond donors (Lipinski definition) is 1. The highest BCUT2D eigenvalue weighted by atomic mass is 79.9. The molecule has 3 heteroatoms. The largest absolute Gasteiger partial charge is 0.306 e. The lowest BCUT2D eigenvalue weighted by Gasteiger charge is -2.30. The quantitative estimate of drug-likeness (QED) is 0.896. The van der Waals surface area contributed by atoms with E-state index in [1.54, 1.807) is 0 Å². The fraction of sp³-hybridized carbons (Fsp3) is 0.647. The maximum absolute atomic E-state index is 3.85. The first-order valence-corrected chi connectivity index (χ1v) is 8.79. The first-order valence-electron chi connectivity index (χ1n) is 8.00. The van der Waals surface area contributed by atoms with E-state index in [1.165, 1.54) is 67.3 Å². The molecule has 0 saturated carbocycles. The van der Waals surface area contributed by atoms with Gasteiger partial charge in [-0.25, -0.2) is 0 Å². The minimum absolute atomic E-state index is 0.544. The molecule has 2 aliphatic rings. The van der Waals surface area contributed by atoms with E-state index >= 15 is 0 Å². The summed E-state index contributed by atoms with van der Waals surface area (Å²) in [6, 6.07) is 7.74. The van der Waals surface area contributed by atoms with Gasteiger partial charge in [-0.2, -0.15) is 0 Å². The van der Waals surface area contributed by atoms with Crippen molar-refractivity contribution < 1.29 is 0 Å². The normalized spacial score (nSPS) is 24.6. The molecule has 1 aliphatic heterocycles. The van der Waals surface area contributed by atoms with Crippen LogP contribution in [0.15, 0.2) is 22.7 Å². The molecule has 0 aromatic heterocycles. The number of nitrogens with one attached hydrogen (secondary N) is 1. The van der Waals surface area contributed by atoms with Crippen LogP contribution in [0, 0.1) is 0 Å². The molecule has 3 rings (SSSR count). The molecule has 1 aromatic rings. The van der Waals surface area contributed by atoms with Crippen molar-refractivity contribution in [2.45, 2.75) is 51.1 Å². The molecule has 2 nitrogen and oxygen atoms in total. The number of hydrogen-bond acceptors (Lipinski definition) is 2. The predicted octanol–water partition coefficient (Wildman–Crippen LogP) is 3.90. The fourth-order valence-corrected chi connectivity index (χ4v) is 4.29. The highest BCUT2D eigenvalue weighted by Crippen LogP contribution is 2.35. The van der Waals surface area contributed by atoms with Gasteiger partial charge in [-0.15, -0.1) is 0 Å². The average Bonchev–Trinajstić information content (AvgIpc) is 2.84. The molecule has 110 valence electrons. The zero-order valence-corrected chi connectivity index (χ0v) is 14.0. The molecule has 20 heavy (non-hydrogen) atoms. The van der Waals surface area contributed by atoms with Gasteiger partial charge < -0.3 is 10.2 Å². The van der Waals surface area contributed by atoms with Crippen molar-refractivity contribution in [3.05, 3.63) is 33.8 Å². The van der Waals surface area contributed by atoms with Crippen LogP contribution in [0.2, 0.25) is 0 Å². The Kier molecular flexibility index (Phi) is 4.79. The second-order valence-corrected chi connectivity index (χ2v) is 7.18. The predicted molar refractivity (Wildman–Crippen MR) is 88.1 cm³/mol. The van der Waals surface area contributed by atoms with Gasteiger partial charge in [0, 0.05) is 23.1 Å². The molecule has 0 amide bonds. The van der Waals surface area contributed by atoms with Crippen LogP contribution in [0.1, 0.15) is 49.8 Å². The minimum atomic E-state index is 0.544. The molecule has 1 N–H and O–H groups in total. The Labute approximate surface area is 131 Å². The number of fused-ring (bicyclic) bond motifs is 1. The number of halogens is 1. The third-order valence-corrected chi connectivity index (χ3v) is 5.42. The van der Waals surface area contributed by atoms with Crippen LogP contribution < -0.4 is 5.32 Å². The van der Waals surface area contributed by atoms with Crippen LogP contribution in [-0.2, 0) is 6.42 Å². The molecule has 1 saturated heterocycles. The van der Waals surface area contributed by atoms with E-state index in [-0.39, 0.29) is 0 Å². The van der Waals surface area contributed by atoms with Crippen molar-refractivity contribution in [1.82, 2.24) is 10.2 Å². The van der Waals surface area contributed by atoms with E-state index in [0.29, 0.717) is 12.1 Å². The van der Waals surface area contributed by atoms with Crippen LogP contribution in [0.3, 0.4) is 0 Å². The molecule has 0 radical (unpaired) electrons. The van der Waals surface area contributed by atoms with Crippen LogP contribution in [-0.4, -0.2) is 30.6 Å². The summed E-state index contributed by atoms with van der Waals surface area (Å²) < 4.78 is 1.28. The summed E-state index contributed by atoms with van der Waals surface area (Å²) in [5.74, 6) is 0. The Morgan fingerprint density at radius 2 is 2.10 bits per heavy atom. The maximum atomic E-state index is 3.85. The summed E-state index contributed by atoms with van der Waals surface area (Å²) in [6.07, 6.45) is 6.62. The second kappa shape index (κ2) is 6.59. The van der Waals surface area contributed by atoms with Gasteiger partial charge in [0.05, 0.1) is 0 Å². The summed E-state index contributed by atoms with van der Waals surface area (Å²) in [4.78, 5) is 2.62. The molecule has 1 aliphatic carbocycles. The number of nitrogens with zero attached hydrogens (tertiary/aromatic N) is 1. The smallest absolute Gasteiger partial charge is 0.0329 e. The third kappa shape index (κ3) is 3.26. The lowest BCUT2D eigenvalue weighted by Crippen LogP contribution is -2.42. The van der Waals surface area contributed by atoms with E-state index in [2.05, 4.69) is 51.3 Å². The SMILES string of the molecule is CC(CN1CCCCC1)NC1CCc2c(Br)cccc21. The van der Waals surface area contributed by atoms with E-state index in [9.17, 15) is 0 Å². The van der Waals surface area contributed by atoms with Crippen LogP contribution in [0.25, 0.3) is 0 Å². The topological polar surface area (TPSA) is 15.3 Å². The first-order chi connectivity index (χ1) is 9.74. The van der Waals surface area contributed by atoms with Crippen molar-refractivity contribution >= 4 is 15.9 Å². The highest BCUT2D eigenvalue weighted by Gasteiger charge is 2.25. The molecule has 1 fully saturated rings. The van der Waals surface area contributed by atoms with Gasteiger partial charge in [-0.3, -0.25) is 0 Å². The standard InChI is InChI=1S/C17H25BrN2/c1-13(12-20-10-3-2-4-11-20)19-17-9-8-14-15(17)6-5-7-16(14)18/h5-7,13,17,19H,2-4,8-12H2,1H3. The number of benzene rings is 1. The lowest BCUT2D eigenvalue weighted by molar-refractivity contribution is 0.204. The van der Waals surface area contributed by atoms with Crippen molar-refractivity contribution in [1.29, 1.82) is 0 Å². The zero-order valence-electron chi connectivity index (χ0n) is 12.4. The number of likely N-dealkylation sites (tertiary alicyclic amines) is 1. The van der Waals surface area contributed by atoms with Crippen molar-refractivity contribution in [3.63, 3.8) is 0 Å². The summed E-state index contributed by atoms with van der Waals surface area (Å²) in [6.45, 7) is 6.11. The second-order valence-electron chi connectivity index (χ2n) is 6.33. The van der Waals surface area contributed by atoms with E-state index in [0.717, 1.165) is 0 Å². The van der Waals surface area contributed by atoms with Gasteiger partial charge >= 0.3 is 0 Å². The van der Waals surface area contributed by atoms with E-state index in [4.69, 9.17) is 0 Å². The van der Waals surface area contributed by atoms with Crippen molar-refractivity contribution in [2.75, 3.05) is 19.6 Å². The van der Waals surface area contributed by atoms with Crippen LogP contribution in [0.4, 0.5) is 0 Å². The molecule has 0 bridgehead atoms. The molecule has 0 spiro atoms. The van der Waals surface area contributed by atoms with E-state index in [1.807, 2.05) is 0 Å². The molecule has 1 heterocycles.